The highest BCUT2D eigenvalue weighted by Gasteiger charge is 2.36. The number of esters is 1. The van der Waals surface area contributed by atoms with Gasteiger partial charge in [0.25, 0.3) is 0 Å². The third-order valence-electron chi connectivity index (χ3n) is 1.63. The molecule has 16 heavy (non-hydrogen) atoms. The molecule has 0 rings (SSSR count). The van der Waals surface area contributed by atoms with E-state index in [0.717, 1.165) is 6.08 Å². The molecule has 0 heterocycles. The Balaban J connectivity index is 4.61. The first kappa shape index (κ1) is 15.1. The Morgan fingerprint density at radius 1 is 1.19 bits per heavy atom. The first-order valence-corrected chi connectivity index (χ1v) is 5.35. The molecule has 0 atom stereocenters. The van der Waals surface area contributed by atoms with Crippen molar-refractivity contribution in [1.82, 2.24) is 0 Å². The molecule has 0 unspecified atom stereocenters. The quantitative estimate of drug-likeness (QED) is 0.342. The van der Waals surface area contributed by atoms with Crippen molar-refractivity contribution in [3.05, 3.63) is 12.7 Å². The molecule has 0 spiro atoms. The Bertz CT molecular complexity index is 208. The average molecular weight is 232 g/mol. The fraction of sp³-hybridized carbons (Fsp3) is 0.727. The smallest absolute Gasteiger partial charge is 0.354 e. The predicted octanol–water partition coefficient (Wildman–Crippen LogP) is 1.48. The van der Waals surface area contributed by atoms with Crippen LogP contribution in [0, 0.1) is 0 Å². The SMILES string of the molecule is C=CC(=O)OC(COCC)(OCC)OCC. The molecule has 5 nitrogen and oxygen atoms in total. The van der Waals surface area contributed by atoms with Gasteiger partial charge in [-0.3, -0.25) is 0 Å². The Hall–Kier alpha value is -0.910. The van der Waals surface area contributed by atoms with Crippen LogP contribution < -0.4 is 0 Å². The average Bonchev–Trinajstić information content (AvgIpc) is 2.27. The molecule has 0 aromatic rings. The van der Waals surface area contributed by atoms with Crippen LogP contribution in [0.5, 0.6) is 0 Å². The summed E-state index contributed by atoms with van der Waals surface area (Å²) < 4.78 is 20.8. The van der Waals surface area contributed by atoms with Gasteiger partial charge in [0, 0.05) is 12.7 Å². The monoisotopic (exact) mass is 232 g/mol. The van der Waals surface area contributed by atoms with E-state index in [1.165, 1.54) is 0 Å². The molecule has 0 aromatic carbocycles. The zero-order valence-corrected chi connectivity index (χ0v) is 10.2. The topological polar surface area (TPSA) is 54.0 Å². The molecule has 0 fully saturated rings. The molecule has 94 valence electrons. The van der Waals surface area contributed by atoms with Crippen molar-refractivity contribution in [2.24, 2.45) is 0 Å². The molecule has 5 heteroatoms. The van der Waals surface area contributed by atoms with Gasteiger partial charge in [0.05, 0.1) is 13.2 Å². The lowest BCUT2D eigenvalue weighted by molar-refractivity contribution is -0.373. The van der Waals surface area contributed by atoms with Gasteiger partial charge in [-0.15, -0.1) is 0 Å². The maximum Gasteiger partial charge on any atom is 0.354 e. The van der Waals surface area contributed by atoms with E-state index in [4.69, 9.17) is 18.9 Å². The summed E-state index contributed by atoms with van der Waals surface area (Å²) in [5.74, 6) is -2.08. The summed E-state index contributed by atoms with van der Waals surface area (Å²) >= 11 is 0. The molecule has 0 saturated heterocycles. The number of hydrogen-bond donors (Lipinski definition) is 0. The van der Waals surface area contributed by atoms with E-state index >= 15 is 0 Å². The Morgan fingerprint density at radius 2 is 1.75 bits per heavy atom. The highest BCUT2D eigenvalue weighted by Crippen LogP contribution is 2.17. The van der Waals surface area contributed by atoms with E-state index in [2.05, 4.69) is 6.58 Å². The van der Waals surface area contributed by atoms with Crippen LogP contribution in [0.15, 0.2) is 12.7 Å². The molecule has 0 aliphatic carbocycles. The number of hydrogen-bond acceptors (Lipinski definition) is 5. The normalized spacial score (nSPS) is 11.2. The van der Waals surface area contributed by atoms with Crippen molar-refractivity contribution in [2.75, 3.05) is 26.4 Å². The van der Waals surface area contributed by atoms with E-state index < -0.39 is 11.9 Å². The van der Waals surface area contributed by atoms with Crippen LogP contribution in [0.1, 0.15) is 20.8 Å². The molecule has 0 aliphatic rings. The van der Waals surface area contributed by atoms with Gasteiger partial charge in [-0.2, -0.15) is 0 Å². The van der Waals surface area contributed by atoms with E-state index in [9.17, 15) is 4.79 Å². The number of rotatable bonds is 9. The van der Waals surface area contributed by atoms with Crippen LogP contribution in [0.25, 0.3) is 0 Å². The van der Waals surface area contributed by atoms with Crippen molar-refractivity contribution in [2.45, 2.75) is 26.7 Å². The fourth-order valence-corrected chi connectivity index (χ4v) is 1.08. The molecule has 0 N–H and O–H groups in total. The molecular formula is C11H20O5. The summed E-state index contributed by atoms with van der Waals surface area (Å²) in [5.41, 5.74) is 0. The first-order valence-electron chi connectivity index (χ1n) is 5.35. The van der Waals surface area contributed by atoms with Gasteiger partial charge in [0.2, 0.25) is 0 Å². The van der Waals surface area contributed by atoms with Gasteiger partial charge in [0.15, 0.2) is 0 Å². The minimum atomic E-state index is -1.47. The first-order chi connectivity index (χ1) is 7.64. The van der Waals surface area contributed by atoms with Crippen LogP contribution >= 0.6 is 0 Å². The Morgan fingerprint density at radius 3 is 2.12 bits per heavy atom. The van der Waals surface area contributed by atoms with Crippen LogP contribution in [0.4, 0.5) is 0 Å². The second-order valence-electron chi connectivity index (χ2n) is 2.81. The van der Waals surface area contributed by atoms with Gasteiger partial charge in [0.1, 0.15) is 6.61 Å². The molecule has 0 amide bonds. The van der Waals surface area contributed by atoms with Gasteiger partial charge >= 0.3 is 11.9 Å². The number of carbonyl (C=O) groups excluding carboxylic acids is 1. The third-order valence-corrected chi connectivity index (χ3v) is 1.63. The predicted molar refractivity (Wildman–Crippen MR) is 58.8 cm³/mol. The second kappa shape index (κ2) is 8.27. The van der Waals surface area contributed by atoms with Crippen LogP contribution in [-0.4, -0.2) is 38.4 Å². The van der Waals surface area contributed by atoms with Crippen LogP contribution in [0.2, 0.25) is 0 Å². The van der Waals surface area contributed by atoms with Crippen molar-refractivity contribution < 1.29 is 23.7 Å². The minimum Gasteiger partial charge on any atom is -0.402 e. The van der Waals surface area contributed by atoms with E-state index in [0.29, 0.717) is 19.8 Å². The molecule has 0 aliphatic heterocycles. The standard InChI is InChI=1S/C11H20O5/c1-5-10(12)16-11(14-7-3,15-8-4)9-13-6-2/h5H,1,6-9H2,2-4H3. The zero-order chi connectivity index (χ0) is 12.4. The highest BCUT2D eigenvalue weighted by atomic mass is 16.9. The lowest BCUT2D eigenvalue weighted by Gasteiger charge is -2.30. The molecular weight excluding hydrogens is 212 g/mol. The highest BCUT2D eigenvalue weighted by molar-refractivity contribution is 5.81. The van der Waals surface area contributed by atoms with Gasteiger partial charge in [-0.05, 0) is 20.8 Å². The largest absolute Gasteiger partial charge is 0.402 e. The third kappa shape index (κ3) is 5.25. The van der Waals surface area contributed by atoms with Crippen molar-refractivity contribution >= 4 is 5.97 Å². The maximum absolute atomic E-state index is 11.2. The van der Waals surface area contributed by atoms with E-state index in [-0.39, 0.29) is 6.61 Å². The molecule has 0 aromatic heterocycles. The van der Waals surface area contributed by atoms with Crippen molar-refractivity contribution in [3.8, 4) is 0 Å². The van der Waals surface area contributed by atoms with E-state index in [1.54, 1.807) is 13.8 Å². The summed E-state index contributed by atoms with van der Waals surface area (Å²) in [6, 6.07) is 0. The number of ether oxygens (including phenoxy) is 4. The lowest BCUT2D eigenvalue weighted by atomic mass is 10.5. The van der Waals surface area contributed by atoms with Crippen molar-refractivity contribution in [3.63, 3.8) is 0 Å². The zero-order valence-electron chi connectivity index (χ0n) is 10.2. The summed E-state index contributed by atoms with van der Waals surface area (Å²) in [4.78, 5) is 11.2. The second-order valence-corrected chi connectivity index (χ2v) is 2.81. The maximum atomic E-state index is 11.2. The van der Waals surface area contributed by atoms with Crippen molar-refractivity contribution in [1.29, 1.82) is 0 Å². The summed E-state index contributed by atoms with van der Waals surface area (Å²) in [5, 5.41) is 0. The van der Waals surface area contributed by atoms with Gasteiger partial charge in [-0.25, -0.2) is 4.79 Å². The number of carbonyl (C=O) groups is 1. The lowest BCUT2D eigenvalue weighted by Crippen LogP contribution is -2.45. The summed E-state index contributed by atoms with van der Waals surface area (Å²) in [6.45, 7) is 9.91. The molecule has 0 bridgehead atoms. The minimum absolute atomic E-state index is 0.0325. The summed E-state index contributed by atoms with van der Waals surface area (Å²) in [7, 11) is 0. The summed E-state index contributed by atoms with van der Waals surface area (Å²) in [6.07, 6.45) is 1.05. The molecule has 0 saturated carbocycles. The van der Waals surface area contributed by atoms with Gasteiger partial charge < -0.3 is 18.9 Å². The Kier molecular flexibility index (Phi) is 7.80. The van der Waals surface area contributed by atoms with Crippen LogP contribution in [-0.2, 0) is 23.7 Å². The fourth-order valence-electron chi connectivity index (χ4n) is 1.08. The van der Waals surface area contributed by atoms with Crippen LogP contribution in [0.3, 0.4) is 0 Å². The van der Waals surface area contributed by atoms with Gasteiger partial charge in [-0.1, -0.05) is 6.58 Å². The molecule has 0 radical (unpaired) electrons. The Labute approximate surface area is 96.3 Å². The van der Waals surface area contributed by atoms with E-state index in [1.807, 2.05) is 6.92 Å².